The predicted octanol–water partition coefficient (Wildman–Crippen LogP) is 3.73. The summed E-state index contributed by atoms with van der Waals surface area (Å²) in [7, 11) is 0. The van der Waals surface area contributed by atoms with Gasteiger partial charge < -0.3 is 10.6 Å². The molecular formula is C18H27FN2. The summed E-state index contributed by atoms with van der Waals surface area (Å²) < 4.78 is 13.7. The Morgan fingerprint density at radius 1 is 1.43 bits per heavy atom. The van der Waals surface area contributed by atoms with Crippen LogP contribution in [0.3, 0.4) is 0 Å². The van der Waals surface area contributed by atoms with Gasteiger partial charge in [-0.25, -0.2) is 4.39 Å². The topological polar surface area (TPSA) is 29.3 Å². The third kappa shape index (κ3) is 2.57. The normalized spacial score (nSPS) is 29.0. The first kappa shape index (κ1) is 14.8. The van der Waals surface area contributed by atoms with Gasteiger partial charge in [-0.3, -0.25) is 0 Å². The van der Waals surface area contributed by atoms with Gasteiger partial charge >= 0.3 is 0 Å². The summed E-state index contributed by atoms with van der Waals surface area (Å²) in [6, 6.07) is 5.23. The Hall–Kier alpha value is -1.09. The van der Waals surface area contributed by atoms with Crippen LogP contribution in [0.15, 0.2) is 18.2 Å². The number of anilines is 1. The molecule has 1 aromatic rings. The maximum atomic E-state index is 13.7. The molecule has 0 radical (unpaired) electrons. The minimum absolute atomic E-state index is 0.0340. The van der Waals surface area contributed by atoms with Crippen LogP contribution in [0, 0.1) is 17.7 Å². The van der Waals surface area contributed by atoms with E-state index in [0.717, 1.165) is 37.4 Å². The molecule has 1 fully saturated rings. The molecule has 0 amide bonds. The van der Waals surface area contributed by atoms with Gasteiger partial charge in [-0.2, -0.15) is 0 Å². The molecule has 116 valence electrons. The maximum absolute atomic E-state index is 13.7. The lowest BCUT2D eigenvalue weighted by atomic mass is 9.71. The van der Waals surface area contributed by atoms with Gasteiger partial charge in [0.05, 0.1) is 5.54 Å². The fourth-order valence-electron chi connectivity index (χ4n) is 4.34. The van der Waals surface area contributed by atoms with Gasteiger partial charge in [0.25, 0.3) is 0 Å². The van der Waals surface area contributed by atoms with E-state index in [1.54, 1.807) is 12.1 Å². The van der Waals surface area contributed by atoms with Crippen LogP contribution < -0.4 is 10.6 Å². The molecular weight excluding hydrogens is 263 g/mol. The third-order valence-corrected chi connectivity index (χ3v) is 5.70. The zero-order valence-electron chi connectivity index (χ0n) is 13.2. The van der Waals surface area contributed by atoms with Crippen molar-refractivity contribution in [3.05, 3.63) is 29.6 Å². The number of halogens is 1. The van der Waals surface area contributed by atoms with Gasteiger partial charge in [0.15, 0.2) is 0 Å². The second-order valence-corrected chi connectivity index (χ2v) is 7.20. The number of fused-ring (bicyclic) bond motifs is 1. The smallest absolute Gasteiger partial charge is 0.125 e. The molecule has 0 spiro atoms. The summed E-state index contributed by atoms with van der Waals surface area (Å²) in [6.45, 7) is 6.29. The second-order valence-electron chi connectivity index (χ2n) is 7.20. The number of nitrogens with two attached hydrogens (primary N) is 1. The Balaban J connectivity index is 1.93. The minimum Gasteiger partial charge on any atom is -0.364 e. The van der Waals surface area contributed by atoms with Crippen LogP contribution in [0.1, 0.15) is 45.1 Å². The maximum Gasteiger partial charge on any atom is 0.125 e. The van der Waals surface area contributed by atoms with Crippen molar-refractivity contribution >= 4 is 5.69 Å². The van der Waals surface area contributed by atoms with Crippen molar-refractivity contribution < 1.29 is 4.39 Å². The van der Waals surface area contributed by atoms with E-state index in [0.29, 0.717) is 12.5 Å². The molecule has 1 heterocycles. The Bertz CT molecular complexity index is 514. The van der Waals surface area contributed by atoms with Gasteiger partial charge in [0.1, 0.15) is 5.82 Å². The molecule has 1 saturated carbocycles. The van der Waals surface area contributed by atoms with Crippen molar-refractivity contribution in [1.29, 1.82) is 0 Å². The number of nitrogens with zero attached hydrogens (tertiary/aromatic N) is 1. The van der Waals surface area contributed by atoms with Gasteiger partial charge in [0.2, 0.25) is 0 Å². The van der Waals surface area contributed by atoms with Crippen molar-refractivity contribution in [2.45, 2.75) is 51.5 Å². The summed E-state index contributed by atoms with van der Waals surface area (Å²) in [6.07, 6.45) is 5.86. The van der Waals surface area contributed by atoms with Gasteiger partial charge in [-0.05, 0) is 48.8 Å². The number of benzene rings is 1. The summed E-state index contributed by atoms with van der Waals surface area (Å²) in [5.41, 5.74) is 8.64. The summed E-state index contributed by atoms with van der Waals surface area (Å²) >= 11 is 0. The lowest BCUT2D eigenvalue weighted by Crippen LogP contribution is -2.56. The van der Waals surface area contributed by atoms with Crippen LogP contribution in [0.5, 0.6) is 0 Å². The first-order valence-corrected chi connectivity index (χ1v) is 8.32. The standard InChI is InChI=1S/C18H27FN2/c1-13(2)15-4-3-8-18(11-15,12-20)21-9-7-14-5-6-16(19)10-17(14)21/h5-6,10,13,15H,3-4,7-9,11-12,20H2,1-2H3. The van der Waals surface area contributed by atoms with E-state index in [4.69, 9.17) is 5.73 Å². The first-order valence-electron chi connectivity index (χ1n) is 8.32. The highest BCUT2D eigenvalue weighted by Crippen LogP contribution is 2.44. The van der Waals surface area contributed by atoms with Crippen molar-refractivity contribution in [1.82, 2.24) is 0 Å². The van der Waals surface area contributed by atoms with E-state index in [-0.39, 0.29) is 11.4 Å². The molecule has 1 aromatic carbocycles. The summed E-state index contributed by atoms with van der Waals surface area (Å²) in [4.78, 5) is 2.43. The van der Waals surface area contributed by atoms with E-state index in [1.807, 2.05) is 6.07 Å². The molecule has 21 heavy (non-hydrogen) atoms. The molecule has 2 N–H and O–H groups in total. The monoisotopic (exact) mass is 290 g/mol. The fourth-order valence-corrected chi connectivity index (χ4v) is 4.34. The Labute approximate surface area is 127 Å². The minimum atomic E-state index is -0.135. The largest absolute Gasteiger partial charge is 0.364 e. The Morgan fingerprint density at radius 2 is 2.24 bits per heavy atom. The van der Waals surface area contributed by atoms with Crippen molar-refractivity contribution in [2.75, 3.05) is 18.0 Å². The second kappa shape index (κ2) is 5.60. The SMILES string of the molecule is CC(C)C1CCCC(CN)(N2CCc3ccc(F)cc32)C1. The number of hydrogen-bond acceptors (Lipinski definition) is 2. The molecule has 0 aromatic heterocycles. The van der Waals surface area contributed by atoms with Crippen molar-refractivity contribution in [3.63, 3.8) is 0 Å². The van der Waals surface area contributed by atoms with Gasteiger partial charge in [-0.15, -0.1) is 0 Å². The molecule has 0 bridgehead atoms. The third-order valence-electron chi connectivity index (χ3n) is 5.70. The van der Waals surface area contributed by atoms with E-state index in [2.05, 4.69) is 18.7 Å². The molecule has 2 atom stereocenters. The highest BCUT2D eigenvalue weighted by atomic mass is 19.1. The molecule has 3 rings (SSSR count). The highest BCUT2D eigenvalue weighted by molar-refractivity contribution is 5.60. The first-order chi connectivity index (χ1) is 10.1. The van der Waals surface area contributed by atoms with Crippen LogP contribution in [0.2, 0.25) is 0 Å². The summed E-state index contributed by atoms with van der Waals surface area (Å²) in [5.74, 6) is 1.30. The van der Waals surface area contributed by atoms with Crippen molar-refractivity contribution in [2.24, 2.45) is 17.6 Å². The lowest BCUT2D eigenvalue weighted by Gasteiger charge is -2.49. The Kier molecular flexibility index (Phi) is 3.96. The van der Waals surface area contributed by atoms with Crippen LogP contribution >= 0.6 is 0 Å². The van der Waals surface area contributed by atoms with Gasteiger partial charge in [0, 0.05) is 18.8 Å². The van der Waals surface area contributed by atoms with Crippen molar-refractivity contribution in [3.8, 4) is 0 Å². The average molecular weight is 290 g/mol. The molecule has 0 saturated heterocycles. The zero-order chi connectivity index (χ0) is 15.0. The summed E-state index contributed by atoms with van der Waals surface area (Å²) in [5, 5.41) is 0. The van der Waals surface area contributed by atoms with E-state index < -0.39 is 0 Å². The van der Waals surface area contributed by atoms with E-state index >= 15 is 0 Å². The molecule has 1 aliphatic heterocycles. The average Bonchev–Trinajstić information content (AvgIpc) is 2.90. The molecule has 3 heteroatoms. The van der Waals surface area contributed by atoms with Crippen LogP contribution in [0.4, 0.5) is 10.1 Å². The number of hydrogen-bond donors (Lipinski definition) is 1. The van der Waals surface area contributed by atoms with E-state index in [1.165, 1.54) is 18.4 Å². The number of rotatable bonds is 3. The molecule has 1 aliphatic carbocycles. The fraction of sp³-hybridized carbons (Fsp3) is 0.667. The van der Waals surface area contributed by atoms with Crippen LogP contribution in [-0.4, -0.2) is 18.6 Å². The predicted molar refractivity (Wildman–Crippen MR) is 86.0 cm³/mol. The molecule has 2 nitrogen and oxygen atoms in total. The van der Waals surface area contributed by atoms with Crippen LogP contribution in [0.25, 0.3) is 0 Å². The van der Waals surface area contributed by atoms with E-state index in [9.17, 15) is 4.39 Å². The lowest BCUT2D eigenvalue weighted by molar-refractivity contribution is 0.180. The zero-order valence-corrected chi connectivity index (χ0v) is 13.2. The van der Waals surface area contributed by atoms with Gasteiger partial charge in [-0.1, -0.05) is 32.8 Å². The molecule has 2 aliphatic rings. The van der Waals surface area contributed by atoms with Crippen LogP contribution in [-0.2, 0) is 6.42 Å². The highest BCUT2D eigenvalue weighted by Gasteiger charge is 2.43. The quantitative estimate of drug-likeness (QED) is 0.919. The molecule has 2 unspecified atom stereocenters. The Morgan fingerprint density at radius 3 is 2.95 bits per heavy atom.